The van der Waals surface area contributed by atoms with Crippen LogP contribution in [0.3, 0.4) is 0 Å². The third-order valence-electron chi connectivity index (χ3n) is 2.57. The smallest absolute Gasteiger partial charge is 0.239 e. The van der Waals surface area contributed by atoms with E-state index in [1.54, 1.807) is 11.8 Å². The van der Waals surface area contributed by atoms with E-state index in [1.807, 2.05) is 37.4 Å². The van der Waals surface area contributed by atoms with Crippen LogP contribution >= 0.6 is 11.8 Å². The summed E-state index contributed by atoms with van der Waals surface area (Å²) >= 11 is 1.67. The summed E-state index contributed by atoms with van der Waals surface area (Å²) in [4.78, 5) is 12.8. The first-order valence-electron chi connectivity index (χ1n) is 5.83. The Hall–Kier alpha value is -1.16. The van der Waals surface area contributed by atoms with Crippen LogP contribution in [-0.4, -0.2) is 24.7 Å². The first-order chi connectivity index (χ1) is 8.17. The second-order valence-electron chi connectivity index (χ2n) is 3.93. The Balaban J connectivity index is 2.47. The molecular formula is C13H20N2OS. The molecule has 0 saturated carbocycles. The van der Waals surface area contributed by atoms with Crippen LogP contribution in [0.2, 0.25) is 0 Å². The van der Waals surface area contributed by atoms with Gasteiger partial charge in [0, 0.05) is 16.6 Å². The second kappa shape index (κ2) is 7.22. The molecule has 94 valence electrons. The van der Waals surface area contributed by atoms with Crippen molar-refractivity contribution in [1.29, 1.82) is 0 Å². The highest BCUT2D eigenvalue weighted by Gasteiger charge is 2.06. The van der Waals surface area contributed by atoms with Gasteiger partial charge in [0.05, 0.1) is 6.54 Å². The Morgan fingerprint density at radius 3 is 2.76 bits per heavy atom. The van der Waals surface area contributed by atoms with Gasteiger partial charge < -0.3 is 10.6 Å². The van der Waals surface area contributed by atoms with E-state index >= 15 is 0 Å². The second-order valence-corrected chi connectivity index (χ2v) is 4.78. The topological polar surface area (TPSA) is 41.1 Å². The van der Waals surface area contributed by atoms with Crippen molar-refractivity contribution < 1.29 is 4.79 Å². The minimum absolute atomic E-state index is 0.0373. The van der Waals surface area contributed by atoms with E-state index in [-0.39, 0.29) is 11.9 Å². The minimum Gasteiger partial charge on any atom is -0.375 e. The van der Waals surface area contributed by atoms with Gasteiger partial charge in [0.25, 0.3) is 0 Å². The molecular weight excluding hydrogens is 232 g/mol. The van der Waals surface area contributed by atoms with E-state index in [0.717, 1.165) is 17.0 Å². The van der Waals surface area contributed by atoms with Crippen molar-refractivity contribution >= 4 is 23.4 Å². The van der Waals surface area contributed by atoms with Crippen molar-refractivity contribution in [1.82, 2.24) is 5.32 Å². The van der Waals surface area contributed by atoms with Crippen LogP contribution in [0.25, 0.3) is 0 Å². The van der Waals surface area contributed by atoms with Gasteiger partial charge in [-0.25, -0.2) is 0 Å². The number of carbonyl (C=O) groups is 1. The molecule has 1 atom stereocenters. The Bertz CT molecular complexity index is 368. The van der Waals surface area contributed by atoms with Crippen LogP contribution < -0.4 is 10.6 Å². The van der Waals surface area contributed by atoms with Crippen molar-refractivity contribution in [3.05, 3.63) is 24.3 Å². The maximum absolute atomic E-state index is 11.6. The summed E-state index contributed by atoms with van der Waals surface area (Å²) in [5, 5.41) is 6.09. The van der Waals surface area contributed by atoms with E-state index < -0.39 is 0 Å². The van der Waals surface area contributed by atoms with E-state index in [0.29, 0.717) is 6.54 Å². The summed E-state index contributed by atoms with van der Waals surface area (Å²) in [6.45, 7) is 4.39. The lowest BCUT2D eigenvalue weighted by Crippen LogP contribution is -2.36. The Morgan fingerprint density at radius 2 is 2.12 bits per heavy atom. The van der Waals surface area contributed by atoms with Gasteiger partial charge in [-0.15, -0.1) is 11.8 Å². The lowest BCUT2D eigenvalue weighted by molar-refractivity contribution is -0.120. The van der Waals surface area contributed by atoms with Gasteiger partial charge in [0.1, 0.15) is 0 Å². The van der Waals surface area contributed by atoms with Crippen LogP contribution in [0.4, 0.5) is 5.69 Å². The molecule has 1 aromatic rings. The number of benzene rings is 1. The number of amides is 1. The molecule has 17 heavy (non-hydrogen) atoms. The summed E-state index contributed by atoms with van der Waals surface area (Å²) in [5.41, 5.74) is 1.01. The normalized spacial score (nSPS) is 11.9. The molecule has 0 bridgehead atoms. The zero-order valence-corrected chi connectivity index (χ0v) is 11.4. The fraction of sp³-hybridized carbons (Fsp3) is 0.462. The lowest BCUT2D eigenvalue weighted by atomic mass is 10.2. The summed E-state index contributed by atoms with van der Waals surface area (Å²) in [7, 11) is 0. The predicted molar refractivity (Wildman–Crippen MR) is 74.6 cm³/mol. The molecule has 0 aliphatic heterocycles. The van der Waals surface area contributed by atoms with Gasteiger partial charge in [-0.05, 0) is 31.7 Å². The first-order valence-corrected chi connectivity index (χ1v) is 7.06. The van der Waals surface area contributed by atoms with Crippen molar-refractivity contribution in [2.24, 2.45) is 0 Å². The third kappa shape index (κ3) is 4.69. The molecule has 0 radical (unpaired) electrons. The quantitative estimate of drug-likeness (QED) is 0.765. The van der Waals surface area contributed by atoms with Crippen molar-refractivity contribution in [3.63, 3.8) is 0 Å². The molecule has 4 heteroatoms. The first kappa shape index (κ1) is 13.9. The Morgan fingerprint density at radius 1 is 1.41 bits per heavy atom. The van der Waals surface area contributed by atoms with Gasteiger partial charge in [-0.2, -0.15) is 0 Å². The number of nitrogens with one attached hydrogen (secondary N) is 2. The minimum atomic E-state index is 0.0373. The zero-order chi connectivity index (χ0) is 12.7. The van der Waals surface area contributed by atoms with Gasteiger partial charge in [0.2, 0.25) is 5.91 Å². The molecule has 1 amide bonds. The highest BCUT2D eigenvalue weighted by molar-refractivity contribution is 7.98. The monoisotopic (exact) mass is 252 g/mol. The van der Waals surface area contributed by atoms with Crippen molar-refractivity contribution in [3.8, 4) is 0 Å². The van der Waals surface area contributed by atoms with Crippen LogP contribution in [0.5, 0.6) is 0 Å². The number of hydrogen-bond acceptors (Lipinski definition) is 3. The van der Waals surface area contributed by atoms with Crippen LogP contribution in [0.1, 0.15) is 20.3 Å². The SMILES string of the molecule is CCC(C)NC(=O)CNc1ccccc1SC. The van der Waals surface area contributed by atoms with Crippen LogP contribution in [-0.2, 0) is 4.79 Å². The van der Waals surface area contributed by atoms with Gasteiger partial charge >= 0.3 is 0 Å². The summed E-state index contributed by atoms with van der Waals surface area (Å²) in [6.07, 6.45) is 2.98. The Labute approximate surface area is 107 Å². The van der Waals surface area contributed by atoms with Crippen molar-refractivity contribution in [2.45, 2.75) is 31.2 Å². The van der Waals surface area contributed by atoms with Gasteiger partial charge in [-0.3, -0.25) is 4.79 Å². The highest BCUT2D eigenvalue weighted by Crippen LogP contribution is 2.24. The Kier molecular flexibility index (Phi) is 5.91. The maximum atomic E-state index is 11.6. The molecule has 1 aromatic carbocycles. The van der Waals surface area contributed by atoms with E-state index in [4.69, 9.17) is 0 Å². The largest absolute Gasteiger partial charge is 0.375 e. The van der Waals surface area contributed by atoms with Crippen LogP contribution in [0, 0.1) is 0 Å². The number of anilines is 1. The average Bonchev–Trinajstić information content (AvgIpc) is 2.36. The third-order valence-corrected chi connectivity index (χ3v) is 3.36. The van der Waals surface area contributed by atoms with Crippen molar-refractivity contribution in [2.75, 3.05) is 18.1 Å². The number of thioether (sulfide) groups is 1. The molecule has 0 saturated heterocycles. The maximum Gasteiger partial charge on any atom is 0.239 e. The summed E-state index contributed by atoms with van der Waals surface area (Å²) in [5.74, 6) is 0.0373. The predicted octanol–water partition coefficient (Wildman–Crippen LogP) is 2.74. The van der Waals surface area contributed by atoms with Gasteiger partial charge in [-0.1, -0.05) is 19.1 Å². The molecule has 0 aliphatic carbocycles. The fourth-order valence-electron chi connectivity index (χ4n) is 1.39. The molecule has 0 aliphatic rings. The molecule has 0 spiro atoms. The number of hydrogen-bond donors (Lipinski definition) is 2. The lowest BCUT2D eigenvalue weighted by Gasteiger charge is -2.13. The zero-order valence-electron chi connectivity index (χ0n) is 10.6. The standard InChI is InChI=1S/C13H20N2OS/c1-4-10(2)15-13(16)9-14-11-7-5-6-8-12(11)17-3/h5-8,10,14H,4,9H2,1-3H3,(H,15,16). The van der Waals surface area contributed by atoms with E-state index in [1.165, 1.54) is 0 Å². The highest BCUT2D eigenvalue weighted by atomic mass is 32.2. The van der Waals surface area contributed by atoms with Gasteiger partial charge in [0.15, 0.2) is 0 Å². The molecule has 0 heterocycles. The van der Waals surface area contributed by atoms with Crippen LogP contribution in [0.15, 0.2) is 29.2 Å². The van der Waals surface area contributed by atoms with E-state index in [2.05, 4.69) is 17.6 Å². The number of para-hydroxylation sites is 1. The number of carbonyl (C=O) groups excluding carboxylic acids is 1. The molecule has 1 rings (SSSR count). The molecule has 0 aromatic heterocycles. The molecule has 3 nitrogen and oxygen atoms in total. The number of rotatable bonds is 6. The molecule has 0 fully saturated rings. The van der Waals surface area contributed by atoms with E-state index in [9.17, 15) is 4.79 Å². The molecule has 2 N–H and O–H groups in total. The molecule has 1 unspecified atom stereocenters. The fourth-order valence-corrected chi connectivity index (χ4v) is 1.97. The summed E-state index contributed by atoms with van der Waals surface area (Å²) < 4.78 is 0. The summed E-state index contributed by atoms with van der Waals surface area (Å²) in [6, 6.07) is 8.23. The average molecular weight is 252 g/mol.